The van der Waals surface area contributed by atoms with Crippen molar-refractivity contribution in [2.45, 2.75) is 53.2 Å². The summed E-state index contributed by atoms with van der Waals surface area (Å²) in [7, 11) is 0. The highest BCUT2D eigenvalue weighted by molar-refractivity contribution is 4.62. The van der Waals surface area contributed by atoms with Crippen molar-refractivity contribution in [3.8, 4) is 0 Å². The molecule has 0 aliphatic carbocycles. The highest BCUT2D eigenvalue weighted by Gasteiger charge is 2.14. The van der Waals surface area contributed by atoms with Gasteiger partial charge in [0.2, 0.25) is 0 Å². The predicted octanol–water partition coefficient (Wildman–Crippen LogP) is 2.88. The Balaban J connectivity index is 3.31. The summed E-state index contributed by atoms with van der Waals surface area (Å²) in [6, 6.07) is 0. The molecular weight excluding hydrogens is 204 g/mol. The molecule has 0 spiro atoms. The van der Waals surface area contributed by atoms with E-state index in [0.29, 0.717) is 25.7 Å². The lowest BCUT2D eigenvalue weighted by molar-refractivity contribution is -0.0888. The summed E-state index contributed by atoms with van der Waals surface area (Å²) in [6.07, 6.45) is 0.130. The van der Waals surface area contributed by atoms with Gasteiger partial charge in [-0.25, -0.2) is 0 Å². The van der Waals surface area contributed by atoms with Gasteiger partial charge in [-0.15, -0.1) is 0 Å². The lowest BCUT2D eigenvalue weighted by Gasteiger charge is -2.24. The summed E-state index contributed by atoms with van der Waals surface area (Å²) >= 11 is 0. The molecule has 0 aliphatic heterocycles. The summed E-state index contributed by atoms with van der Waals surface area (Å²) in [6.45, 7) is 15.2. The summed E-state index contributed by atoms with van der Waals surface area (Å²) in [5.74, 6) is 0.586. The minimum atomic E-state index is -0.100. The van der Waals surface area contributed by atoms with Gasteiger partial charge in [0.15, 0.2) is 0 Å². The lowest BCUT2D eigenvalue weighted by Crippen LogP contribution is -2.29. The fourth-order valence-electron chi connectivity index (χ4n) is 1.32. The maximum absolute atomic E-state index is 5.72. The molecule has 1 atom stereocenters. The fraction of sp³-hybridized carbons (Fsp3) is 1.00. The Morgan fingerprint density at radius 3 is 1.81 bits per heavy atom. The van der Waals surface area contributed by atoms with Crippen LogP contribution in [0.2, 0.25) is 0 Å². The van der Waals surface area contributed by atoms with Gasteiger partial charge < -0.3 is 14.2 Å². The van der Waals surface area contributed by atoms with Crippen molar-refractivity contribution in [1.29, 1.82) is 0 Å². The molecule has 0 rings (SSSR count). The van der Waals surface area contributed by atoms with E-state index in [9.17, 15) is 0 Å². The molecule has 0 aliphatic rings. The summed E-state index contributed by atoms with van der Waals surface area (Å²) in [5.41, 5.74) is -0.100. The molecule has 0 heterocycles. The first-order chi connectivity index (χ1) is 7.31. The minimum absolute atomic E-state index is 0.100. The second-order valence-corrected chi connectivity index (χ2v) is 5.58. The molecule has 0 saturated heterocycles. The van der Waals surface area contributed by atoms with Crippen LogP contribution in [0.15, 0.2) is 0 Å². The highest BCUT2D eigenvalue weighted by atomic mass is 16.6. The quantitative estimate of drug-likeness (QED) is 0.602. The van der Waals surface area contributed by atoms with Crippen molar-refractivity contribution in [3.63, 3.8) is 0 Å². The summed E-state index contributed by atoms with van der Waals surface area (Å²) < 4.78 is 16.6. The monoisotopic (exact) mass is 232 g/mol. The van der Waals surface area contributed by atoms with Crippen molar-refractivity contribution < 1.29 is 14.2 Å². The van der Waals surface area contributed by atoms with E-state index in [1.807, 2.05) is 6.92 Å². The number of rotatable bonds is 8. The molecule has 16 heavy (non-hydrogen) atoms. The van der Waals surface area contributed by atoms with Crippen LogP contribution in [-0.2, 0) is 14.2 Å². The van der Waals surface area contributed by atoms with Crippen molar-refractivity contribution in [1.82, 2.24) is 0 Å². The van der Waals surface area contributed by atoms with Gasteiger partial charge in [0.25, 0.3) is 0 Å². The van der Waals surface area contributed by atoms with Crippen LogP contribution in [0.4, 0.5) is 0 Å². The zero-order valence-electron chi connectivity index (χ0n) is 11.7. The average Bonchev–Trinajstić information content (AvgIpc) is 2.07. The third-order valence-electron chi connectivity index (χ3n) is 1.73. The third kappa shape index (κ3) is 12.0. The van der Waals surface area contributed by atoms with Gasteiger partial charge in [-0.1, -0.05) is 13.8 Å². The third-order valence-corrected chi connectivity index (χ3v) is 1.73. The van der Waals surface area contributed by atoms with E-state index in [2.05, 4.69) is 34.6 Å². The maximum atomic E-state index is 5.72. The first-order valence-corrected chi connectivity index (χ1v) is 6.14. The average molecular weight is 232 g/mol. The molecule has 0 radical (unpaired) electrons. The van der Waals surface area contributed by atoms with E-state index in [4.69, 9.17) is 14.2 Å². The molecule has 0 N–H and O–H groups in total. The summed E-state index contributed by atoms with van der Waals surface area (Å²) in [4.78, 5) is 0. The Morgan fingerprint density at radius 2 is 1.38 bits per heavy atom. The van der Waals surface area contributed by atoms with E-state index < -0.39 is 0 Å². The number of hydrogen-bond acceptors (Lipinski definition) is 3. The zero-order valence-corrected chi connectivity index (χ0v) is 11.7. The Hall–Kier alpha value is -0.120. The molecular formula is C13H28O3. The van der Waals surface area contributed by atoms with E-state index in [0.717, 1.165) is 6.61 Å². The van der Waals surface area contributed by atoms with E-state index in [1.54, 1.807) is 0 Å². The van der Waals surface area contributed by atoms with Crippen molar-refractivity contribution in [3.05, 3.63) is 0 Å². The van der Waals surface area contributed by atoms with Crippen LogP contribution >= 0.6 is 0 Å². The summed E-state index contributed by atoms with van der Waals surface area (Å²) in [5, 5.41) is 0. The van der Waals surface area contributed by atoms with Gasteiger partial charge in [-0.2, -0.15) is 0 Å². The number of ether oxygens (including phenoxy) is 3. The molecule has 0 bridgehead atoms. The van der Waals surface area contributed by atoms with Gasteiger partial charge in [-0.3, -0.25) is 0 Å². The highest BCUT2D eigenvalue weighted by Crippen LogP contribution is 2.10. The van der Waals surface area contributed by atoms with Crippen LogP contribution in [0.5, 0.6) is 0 Å². The van der Waals surface area contributed by atoms with E-state index in [-0.39, 0.29) is 11.7 Å². The van der Waals surface area contributed by atoms with Crippen LogP contribution in [0.1, 0.15) is 41.5 Å². The normalized spacial score (nSPS) is 14.4. The lowest BCUT2D eigenvalue weighted by atomic mass is 10.2. The topological polar surface area (TPSA) is 27.7 Å². The minimum Gasteiger partial charge on any atom is -0.379 e. The van der Waals surface area contributed by atoms with Gasteiger partial charge in [-0.05, 0) is 33.6 Å². The van der Waals surface area contributed by atoms with Crippen LogP contribution in [0.3, 0.4) is 0 Å². The molecule has 98 valence electrons. The van der Waals surface area contributed by atoms with Crippen LogP contribution in [0, 0.1) is 5.92 Å². The molecule has 0 amide bonds. The zero-order chi connectivity index (χ0) is 12.6. The largest absolute Gasteiger partial charge is 0.379 e. The van der Waals surface area contributed by atoms with Crippen molar-refractivity contribution in [2.75, 3.05) is 26.4 Å². The van der Waals surface area contributed by atoms with Crippen LogP contribution < -0.4 is 0 Å². The first-order valence-electron chi connectivity index (χ1n) is 6.14. The molecule has 3 heteroatoms. The Morgan fingerprint density at radius 1 is 0.875 bits per heavy atom. The first kappa shape index (κ1) is 15.9. The van der Waals surface area contributed by atoms with Crippen molar-refractivity contribution >= 4 is 0 Å². The SMILES string of the molecule is CC(C)COCCOCC(C)OC(C)(C)C. The molecule has 0 fully saturated rings. The van der Waals surface area contributed by atoms with E-state index >= 15 is 0 Å². The molecule has 3 nitrogen and oxygen atoms in total. The van der Waals surface area contributed by atoms with Crippen molar-refractivity contribution in [2.24, 2.45) is 5.92 Å². The second kappa shape index (κ2) is 8.04. The Bertz CT molecular complexity index is 161. The predicted molar refractivity (Wildman–Crippen MR) is 66.8 cm³/mol. The Kier molecular flexibility index (Phi) is 7.98. The fourth-order valence-corrected chi connectivity index (χ4v) is 1.32. The Labute approximate surface area is 100 Å². The van der Waals surface area contributed by atoms with Crippen LogP contribution in [-0.4, -0.2) is 38.1 Å². The molecule has 1 unspecified atom stereocenters. The molecule has 0 saturated carbocycles. The maximum Gasteiger partial charge on any atom is 0.0787 e. The second-order valence-electron chi connectivity index (χ2n) is 5.58. The smallest absolute Gasteiger partial charge is 0.0787 e. The molecule has 0 aromatic rings. The van der Waals surface area contributed by atoms with Gasteiger partial charge in [0.05, 0.1) is 31.5 Å². The van der Waals surface area contributed by atoms with Gasteiger partial charge in [0.1, 0.15) is 0 Å². The van der Waals surface area contributed by atoms with Gasteiger partial charge >= 0.3 is 0 Å². The van der Waals surface area contributed by atoms with E-state index in [1.165, 1.54) is 0 Å². The molecule has 0 aromatic carbocycles. The van der Waals surface area contributed by atoms with Gasteiger partial charge in [0, 0.05) is 6.61 Å². The molecule has 0 aromatic heterocycles. The standard InChI is InChI=1S/C13H28O3/c1-11(2)9-14-7-8-15-10-12(3)16-13(4,5)6/h11-12H,7-10H2,1-6H3. The number of hydrogen-bond donors (Lipinski definition) is 0. The van der Waals surface area contributed by atoms with Crippen LogP contribution in [0.25, 0.3) is 0 Å².